The maximum Gasteiger partial charge on any atom is 0.256 e. The highest BCUT2D eigenvalue weighted by Gasteiger charge is 2.12. The molecule has 0 amide bonds. The van der Waals surface area contributed by atoms with Gasteiger partial charge in [0.05, 0.1) is 13.6 Å². The lowest BCUT2D eigenvalue weighted by molar-refractivity contribution is -0.678. The van der Waals surface area contributed by atoms with Crippen molar-refractivity contribution in [3.8, 4) is 0 Å². The van der Waals surface area contributed by atoms with Gasteiger partial charge in [-0.3, -0.25) is 0 Å². The maximum absolute atomic E-state index is 2.48. The van der Waals surface area contributed by atoms with Gasteiger partial charge in [0.1, 0.15) is 12.4 Å². The number of rotatable bonds is 18. The monoisotopic (exact) mass is 363 g/mol. The van der Waals surface area contributed by atoms with Gasteiger partial charge in [0.25, 0.3) is 5.82 Å². The zero-order valence-electron chi connectivity index (χ0n) is 18.3. The second-order valence-corrected chi connectivity index (χ2v) is 8.22. The van der Waals surface area contributed by atoms with E-state index in [1.165, 1.54) is 122 Å². The summed E-state index contributed by atoms with van der Waals surface area (Å²) in [6, 6.07) is 0. The molecule has 0 N–H and O–H groups in total. The third kappa shape index (κ3) is 11.0. The molecule has 26 heavy (non-hydrogen) atoms. The van der Waals surface area contributed by atoms with E-state index in [0.717, 1.165) is 0 Å². The summed E-state index contributed by atoms with van der Waals surface area (Å²) in [6.45, 7) is 5.78. The lowest BCUT2D eigenvalue weighted by Gasteiger charge is -2.04. The molecule has 2 nitrogen and oxygen atoms in total. The molecule has 0 atom stereocenters. The molecule has 0 aliphatic heterocycles. The average molecular weight is 364 g/mol. The summed E-state index contributed by atoms with van der Waals surface area (Å²) < 4.78 is 4.79. The molecular formula is C24H47N2+. The van der Waals surface area contributed by atoms with Crippen LogP contribution in [0.1, 0.15) is 122 Å². The van der Waals surface area contributed by atoms with E-state index in [9.17, 15) is 0 Å². The third-order valence-corrected chi connectivity index (χ3v) is 5.72. The first-order valence-corrected chi connectivity index (χ1v) is 11.8. The van der Waals surface area contributed by atoms with Gasteiger partial charge in [-0.15, -0.1) is 0 Å². The minimum absolute atomic E-state index is 1.21. The van der Waals surface area contributed by atoms with Crippen LogP contribution in [0, 0.1) is 0 Å². The average Bonchev–Trinajstić information content (AvgIpc) is 3.00. The van der Waals surface area contributed by atoms with Crippen LogP contribution in [0.5, 0.6) is 0 Å². The van der Waals surface area contributed by atoms with Crippen LogP contribution in [0.4, 0.5) is 0 Å². The minimum Gasteiger partial charge on any atom is -0.237 e. The molecule has 0 saturated heterocycles. The lowest BCUT2D eigenvalue weighted by atomic mass is 10.0. The molecule has 1 aromatic heterocycles. The Balaban J connectivity index is 1.91. The molecule has 0 saturated carbocycles. The van der Waals surface area contributed by atoms with Crippen molar-refractivity contribution >= 4 is 0 Å². The molecule has 0 unspecified atom stereocenters. The van der Waals surface area contributed by atoms with Gasteiger partial charge in [-0.1, -0.05) is 97.3 Å². The van der Waals surface area contributed by atoms with Crippen LogP contribution < -0.4 is 4.57 Å². The predicted octanol–water partition coefficient (Wildman–Crippen LogP) is 7.14. The van der Waals surface area contributed by atoms with Crippen LogP contribution in [-0.2, 0) is 20.0 Å². The second kappa shape index (κ2) is 16.4. The standard InChI is InChI=1S/C24H47N2/c1-4-6-8-9-10-11-12-13-14-15-16-17-18-19-21-26-23-22-25(3)24(26)20-7-5-2/h22-23H,4-21H2,1-3H3/q+1. The van der Waals surface area contributed by atoms with Gasteiger partial charge in [-0.05, 0) is 19.3 Å². The van der Waals surface area contributed by atoms with E-state index >= 15 is 0 Å². The molecule has 0 aliphatic carbocycles. The summed E-state index contributed by atoms with van der Waals surface area (Å²) in [5.74, 6) is 1.50. The molecule has 0 aromatic carbocycles. The Morgan fingerprint density at radius 1 is 0.654 bits per heavy atom. The Bertz CT molecular complexity index is 422. The first-order valence-electron chi connectivity index (χ1n) is 11.8. The summed E-state index contributed by atoms with van der Waals surface area (Å²) in [5.41, 5.74) is 0. The summed E-state index contributed by atoms with van der Waals surface area (Å²) in [5, 5.41) is 0. The maximum atomic E-state index is 2.48. The number of nitrogens with zero attached hydrogens (tertiary/aromatic N) is 2. The molecule has 0 fully saturated rings. The van der Waals surface area contributed by atoms with Crippen LogP contribution in [0.25, 0.3) is 0 Å². The van der Waals surface area contributed by atoms with Crippen molar-refractivity contribution in [3.63, 3.8) is 0 Å². The molecule has 0 aliphatic rings. The van der Waals surface area contributed by atoms with Crippen LogP contribution in [0.3, 0.4) is 0 Å². The lowest BCUT2D eigenvalue weighted by Crippen LogP contribution is -2.32. The zero-order chi connectivity index (χ0) is 18.9. The first kappa shape index (κ1) is 23.2. The van der Waals surface area contributed by atoms with Gasteiger partial charge < -0.3 is 0 Å². The van der Waals surface area contributed by atoms with Crippen molar-refractivity contribution in [3.05, 3.63) is 18.2 Å². The number of unbranched alkanes of at least 4 members (excludes halogenated alkanes) is 14. The van der Waals surface area contributed by atoms with E-state index in [1.54, 1.807) is 0 Å². The SMILES string of the molecule is CCCCCCCCCCCCCCCCn1cc[n+](C)c1CCCC. The Morgan fingerprint density at radius 2 is 1.12 bits per heavy atom. The molecular weight excluding hydrogens is 316 g/mol. The molecule has 0 radical (unpaired) electrons. The van der Waals surface area contributed by atoms with Gasteiger partial charge in [0.2, 0.25) is 0 Å². The fraction of sp³-hybridized carbons (Fsp3) is 0.875. The highest BCUT2D eigenvalue weighted by atomic mass is 15.1. The van der Waals surface area contributed by atoms with Crippen molar-refractivity contribution in [2.45, 2.75) is 130 Å². The van der Waals surface area contributed by atoms with Gasteiger partial charge >= 0.3 is 0 Å². The van der Waals surface area contributed by atoms with Crippen molar-refractivity contribution in [1.29, 1.82) is 0 Å². The zero-order valence-corrected chi connectivity index (χ0v) is 18.3. The normalized spacial score (nSPS) is 11.3. The number of hydrogen-bond acceptors (Lipinski definition) is 0. The quantitative estimate of drug-likeness (QED) is 0.194. The third-order valence-electron chi connectivity index (χ3n) is 5.72. The molecule has 1 aromatic rings. The molecule has 2 heteroatoms. The highest BCUT2D eigenvalue weighted by Crippen LogP contribution is 2.13. The van der Waals surface area contributed by atoms with Crippen LogP contribution >= 0.6 is 0 Å². The second-order valence-electron chi connectivity index (χ2n) is 8.22. The highest BCUT2D eigenvalue weighted by molar-refractivity contribution is 4.83. The first-order chi connectivity index (χ1) is 12.8. The number of aryl methyl sites for hydroxylation is 2. The summed E-state index contributed by atoms with van der Waals surface area (Å²) in [7, 11) is 2.19. The van der Waals surface area contributed by atoms with Gasteiger partial charge in [-0.25, -0.2) is 9.13 Å². The van der Waals surface area contributed by atoms with Crippen molar-refractivity contribution < 1.29 is 4.57 Å². The Hall–Kier alpha value is -0.790. The van der Waals surface area contributed by atoms with E-state index in [4.69, 9.17) is 0 Å². The largest absolute Gasteiger partial charge is 0.256 e. The minimum atomic E-state index is 1.21. The van der Waals surface area contributed by atoms with Gasteiger partial charge in [-0.2, -0.15) is 0 Å². The number of hydrogen-bond donors (Lipinski definition) is 0. The Morgan fingerprint density at radius 3 is 1.62 bits per heavy atom. The summed E-state index contributed by atoms with van der Waals surface area (Å²) in [4.78, 5) is 0. The van der Waals surface area contributed by atoms with E-state index < -0.39 is 0 Å². The van der Waals surface area contributed by atoms with Gasteiger partial charge in [0, 0.05) is 6.42 Å². The summed E-state index contributed by atoms with van der Waals surface area (Å²) in [6.07, 6.45) is 28.4. The predicted molar refractivity (Wildman–Crippen MR) is 115 cm³/mol. The Kier molecular flexibility index (Phi) is 14.7. The van der Waals surface area contributed by atoms with E-state index in [2.05, 4.69) is 42.4 Å². The topological polar surface area (TPSA) is 8.81 Å². The number of imidazole rings is 1. The van der Waals surface area contributed by atoms with E-state index in [-0.39, 0.29) is 0 Å². The van der Waals surface area contributed by atoms with Crippen LogP contribution in [0.2, 0.25) is 0 Å². The van der Waals surface area contributed by atoms with Crippen molar-refractivity contribution in [2.75, 3.05) is 0 Å². The van der Waals surface area contributed by atoms with Crippen LogP contribution in [0.15, 0.2) is 12.4 Å². The van der Waals surface area contributed by atoms with Crippen molar-refractivity contribution in [2.24, 2.45) is 7.05 Å². The van der Waals surface area contributed by atoms with Crippen LogP contribution in [-0.4, -0.2) is 4.57 Å². The molecule has 0 bridgehead atoms. The fourth-order valence-corrected chi connectivity index (χ4v) is 3.89. The number of aromatic nitrogens is 2. The molecule has 0 spiro atoms. The molecule has 152 valence electrons. The van der Waals surface area contributed by atoms with E-state index in [1.807, 2.05) is 0 Å². The fourth-order valence-electron chi connectivity index (χ4n) is 3.89. The van der Waals surface area contributed by atoms with E-state index in [0.29, 0.717) is 0 Å². The smallest absolute Gasteiger partial charge is 0.237 e. The molecule has 1 heterocycles. The molecule has 1 rings (SSSR count). The summed E-state index contributed by atoms with van der Waals surface area (Å²) >= 11 is 0. The van der Waals surface area contributed by atoms with Gasteiger partial charge in [0.15, 0.2) is 0 Å². The Labute approximate surface area is 164 Å². The van der Waals surface area contributed by atoms with Crippen molar-refractivity contribution in [1.82, 2.24) is 4.57 Å².